The van der Waals surface area contributed by atoms with Gasteiger partial charge in [-0.3, -0.25) is 14.9 Å². The maximum absolute atomic E-state index is 12.6. The van der Waals surface area contributed by atoms with Crippen LogP contribution in [0.5, 0.6) is 5.75 Å². The minimum absolute atomic E-state index is 0.0875. The lowest BCUT2D eigenvalue weighted by molar-refractivity contribution is -0.385. The highest BCUT2D eigenvalue weighted by atomic mass is 16.6. The molecular weight excluding hydrogens is 410 g/mol. The molecule has 0 aliphatic rings. The predicted molar refractivity (Wildman–Crippen MR) is 121 cm³/mol. The zero-order valence-corrected chi connectivity index (χ0v) is 17.8. The molecule has 32 heavy (non-hydrogen) atoms. The summed E-state index contributed by atoms with van der Waals surface area (Å²) in [7, 11) is 1.34. The van der Waals surface area contributed by atoms with Crippen LogP contribution in [0.4, 0.5) is 11.4 Å². The summed E-state index contributed by atoms with van der Waals surface area (Å²) in [5, 5.41) is 13.9. The average Bonchev–Trinajstić information content (AvgIpc) is 3.22. The molecule has 1 amide bonds. The van der Waals surface area contributed by atoms with E-state index in [0.29, 0.717) is 28.6 Å². The van der Waals surface area contributed by atoms with Crippen LogP contribution in [-0.2, 0) is 0 Å². The Morgan fingerprint density at radius 1 is 1.09 bits per heavy atom. The number of benzene rings is 3. The van der Waals surface area contributed by atoms with Gasteiger partial charge in [-0.25, -0.2) is 4.98 Å². The van der Waals surface area contributed by atoms with Gasteiger partial charge in [-0.05, 0) is 53.9 Å². The van der Waals surface area contributed by atoms with Crippen LogP contribution in [0.1, 0.15) is 35.7 Å². The molecule has 0 radical (unpaired) electrons. The first-order valence-corrected chi connectivity index (χ1v) is 10.0. The molecule has 0 aliphatic heterocycles. The van der Waals surface area contributed by atoms with Crippen molar-refractivity contribution in [3.8, 4) is 17.2 Å². The van der Waals surface area contributed by atoms with Crippen LogP contribution in [0.2, 0.25) is 0 Å². The van der Waals surface area contributed by atoms with Crippen LogP contribution in [-0.4, -0.2) is 22.9 Å². The molecule has 1 N–H and O–H groups in total. The Kier molecular flexibility index (Phi) is 5.59. The number of fused-ring (bicyclic) bond motifs is 1. The topological polar surface area (TPSA) is 108 Å². The van der Waals surface area contributed by atoms with E-state index < -0.39 is 10.8 Å². The van der Waals surface area contributed by atoms with E-state index in [0.717, 1.165) is 5.56 Å². The number of ether oxygens (including phenoxy) is 1. The number of nitro benzene ring substituents is 1. The first kappa shape index (κ1) is 21.0. The Balaban J connectivity index is 1.57. The molecule has 3 aromatic carbocycles. The number of anilines is 1. The molecule has 0 fully saturated rings. The number of nitro groups is 1. The number of methoxy groups -OCH3 is 1. The summed E-state index contributed by atoms with van der Waals surface area (Å²) < 4.78 is 10.8. The fourth-order valence-electron chi connectivity index (χ4n) is 3.32. The first-order valence-electron chi connectivity index (χ1n) is 10.0. The third-order valence-corrected chi connectivity index (χ3v) is 5.11. The molecule has 4 rings (SSSR count). The Morgan fingerprint density at radius 3 is 2.50 bits per heavy atom. The summed E-state index contributed by atoms with van der Waals surface area (Å²) in [4.78, 5) is 27.8. The van der Waals surface area contributed by atoms with E-state index in [2.05, 4.69) is 36.3 Å². The van der Waals surface area contributed by atoms with Gasteiger partial charge in [0.2, 0.25) is 5.89 Å². The molecule has 0 saturated heterocycles. The molecule has 1 heterocycles. The van der Waals surface area contributed by atoms with Gasteiger partial charge in [0.25, 0.3) is 5.91 Å². The van der Waals surface area contributed by atoms with E-state index in [-0.39, 0.29) is 17.0 Å². The van der Waals surface area contributed by atoms with Crippen molar-refractivity contribution in [2.45, 2.75) is 19.8 Å². The molecule has 1 aromatic heterocycles. The third-order valence-electron chi connectivity index (χ3n) is 5.11. The van der Waals surface area contributed by atoms with E-state index in [1.807, 2.05) is 12.1 Å². The minimum atomic E-state index is -0.591. The Bertz CT molecular complexity index is 1310. The van der Waals surface area contributed by atoms with E-state index in [4.69, 9.17) is 9.15 Å². The average molecular weight is 431 g/mol. The van der Waals surface area contributed by atoms with Gasteiger partial charge in [0.15, 0.2) is 11.3 Å². The van der Waals surface area contributed by atoms with E-state index in [1.54, 1.807) is 18.2 Å². The molecule has 0 aliphatic carbocycles. The third kappa shape index (κ3) is 4.15. The maximum atomic E-state index is 12.6. The highest BCUT2D eigenvalue weighted by Crippen LogP contribution is 2.29. The molecule has 8 heteroatoms. The largest absolute Gasteiger partial charge is 0.490 e. The van der Waals surface area contributed by atoms with Crippen LogP contribution in [0.15, 0.2) is 65.1 Å². The Labute approximate surface area is 184 Å². The van der Waals surface area contributed by atoms with Crippen molar-refractivity contribution in [2.75, 3.05) is 12.4 Å². The standard InChI is InChI=1S/C24H21N3O5/c1-14(2)15-4-6-16(7-5-15)24-26-19-13-18(9-11-21(19)32-24)25-23(28)17-8-10-22(31-3)20(12-17)27(29)30/h4-14H,1-3H3,(H,25,28). The van der Waals surface area contributed by atoms with Crippen LogP contribution >= 0.6 is 0 Å². The van der Waals surface area contributed by atoms with Crippen molar-refractivity contribution >= 4 is 28.4 Å². The number of nitrogens with zero attached hydrogens (tertiary/aromatic N) is 2. The number of nitrogens with one attached hydrogen (secondary N) is 1. The van der Waals surface area contributed by atoms with Crippen LogP contribution < -0.4 is 10.1 Å². The number of carbonyl (C=O) groups is 1. The Hall–Kier alpha value is -4.20. The van der Waals surface area contributed by atoms with Crippen molar-refractivity contribution in [1.29, 1.82) is 0 Å². The molecule has 4 aromatic rings. The predicted octanol–water partition coefficient (Wildman–Crippen LogP) is 5.79. The summed E-state index contributed by atoms with van der Waals surface area (Å²) >= 11 is 0. The lowest BCUT2D eigenvalue weighted by atomic mass is 10.0. The van der Waals surface area contributed by atoms with Gasteiger partial charge in [0.05, 0.1) is 12.0 Å². The second-order valence-electron chi connectivity index (χ2n) is 7.58. The minimum Gasteiger partial charge on any atom is -0.490 e. The molecule has 0 unspecified atom stereocenters. The van der Waals surface area contributed by atoms with Crippen LogP contribution in [0.25, 0.3) is 22.6 Å². The van der Waals surface area contributed by atoms with Gasteiger partial charge >= 0.3 is 5.69 Å². The van der Waals surface area contributed by atoms with Crippen molar-refractivity contribution in [1.82, 2.24) is 4.98 Å². The monoisotopic (exact) mass is 431 g/mol. The number of hydrogen-bond acceptors (Lipinski definition) is 6. The van der Waals surface area contributed by atoms with Crippen molar-refractivity contribution in [3.05, 3.63) is 81.9 Å². The quantitative estimate of drug-likeness (QED) is 0.306. The number of hydrogen-bond donors (Lipinski definition) is 1. The summed E-state index contributed by atoms with van der Waals surface area (Å²) in [6.45, 7) is 4.27. The smallest absolute Gasteiger partial charge is 0.311 e. The maximum Gasteiger partial charge on any atom is 0.311 e. The van der Waals surface area contributed by atoms with Gasteiger partial charge in [-0.1, -0.05) is 26.0 Å². The fourth-order valence-corrected chi connectivity index (χ4v) is 3.32. The number of oxazole rings is 1. The zero-order valence-electron chi connectivity index (χ0n) is 17.8. The summed E-state index contributed by atoms with van der Waals surface area (Å²) in [5.41, 5.74) is 3.63. The highest BCUT2D eigenvalue weighted by molar-refractivity contribution is 6.05. The van der Waals surface area contributed by atoms with Gasteiger partial charge in [-0.15, -0.1) is 0 Å². The Morgan fingerprint density at radius 2 is 1.84 bits per heavy atom. The number of aromatic nitrogens is 1. The molecule has 0 spiro atoms. The first-order chi connectivity index (χ1) is 15.4. The fraction of sp³-hybridized carbons (Fsp3) is 0.167. The van der Waals surface area contributed by atoms with Crippen LogP contribution in [0, 0.1) is 10.1 Å². The van der Waals surface area contributed by atoms with Crippen molar-refractivity contribution in [2.24, 2.45) is 0 Å². The van der Waals surface area contributed by atoms with Gasteiger partial charge < -0.3 is 14.5 Å². The van der Waals surface area contributed by atoms with Crippen molar-refractivity contribution < 1.29 is 18.9 Å². The lowest BCUT2D eigenvalue weighted by Gasteiger charge is -2.06. The SMILES string of the molecule is COc1ccc(C(=O)Nc2ccc3oc(-c4ccc(C(C)C)cc4)nc3c2)cc1[N+](=O)[O-]. The second-order valence-corrected chi connectivity index (χ2v) is 7.58. The molecule has 0 bridgehead atoms. The number of amides is 1. The second kappa shape index (κ2) is 8.50. The van der Waals surface area contributed by atoms with Crippen LogP contribution in [0.3, 0.4) is 0 Å². The van der Waals surface area contributed by atoms with E-state index in [9.17, 15) is 14.9 Å². The molecule has 8 nitrogen and oxygen atoms in total. The molecule has 0 saturated carbocycles. The number of rotatable bonds is 6. The molecular formula is C24H21N3O5. The molecule has 0 atom stereocenters. The van der Waals surface area contributed by atoms with Gasteiger partial charge in [0.1, 0.15) is 5.52 Å². The lowest BCUT2D eigenvalue weighted by Crippen LogP contribution is -2.12. The van der Waals surface area contributed by atoms with E-state index >= 15 is 0 Å². The van der Waals surface area contributed by atoms with Gasteiger partial charge in [-0.2, -0.15) is 0 Å². The summed E-state index contributed by atoms with van der Waals surface area (Å²) in [6, 6.07) is 17.2. The van der Waals surface area contributed by atoms with Crippen molar-refractivity contribution in [3.63, 3.8) is 0 Å². The normalized spacial score (nSPS) is 11.0. The van der Waals surface area contributed by atoms with E-state index in [1.165, 1.54) is 30.9 Å². The molecule has 162 valence electrons. The highest BCUT2D eigenvalue weighted by Gasteiger charge is 2.18. The number of carbonyl (C=O) groups excluding carboxylic acids is 1. The summed E-state index contributed by atoms with van der Waals surface area (Å²) in [5.74, 6) is 0.531. The van der Waals surface area contributed by atoms with Gasteiger partial charge in [0, 0.05) is 22.9 Å². The zero-order chi connectivity index (χ0) is 22.8. The summed E-state index contributed by atoms with van der Waals surface area (Å²) in [6.07, 6.45) is 0.